The van der Waals surface area contributed by atoms with Crippen LogP contribution in [0.15, 0.2) is 85.2 Å². The van der Waals surface area contributed by atoms with E-state index in [1.807, 2.05) is 44.3 Å². The third-order valence-electron chi connectivity index (χ3n) is 7.11. The Balaban J connectivity index is 1.51. The number of fused-ring (bicyclic) bond motifs is 1. The molecule has 1 aliphatic carbocycles. The van der Waals surface area contributed by atoms with Gasteiger partial charge in [0.05, 0.1) is 18.0 Å². The van der Waals surface area contributed by atoms with E-state index < -0.39 is 0 Å². The van der Waals surface area contributed by atoms with Gasteiger partial charge >= 0.3 is 0 Å². The molecule has 6 rings (SSSR count). The molecule has 1 saturated carbocycles. The zero-order valence-electron chi connectivity index (χ0n) is 21.0. The van der Waals surface area contributed by atoms with Gasteiger partial charge in [0.15, 0.2) is 5.65 Å². The summed E-state index contributed by atoms with van der Waals surface area (Å²) in [6.07, 6.45) is 6.86. The number of halogens is 1. The van der Waals surface area contributed by atoms with Crippen molar-refractivity contribution in [2.75, 3.05) is 0 Å². The fourth-order valence-corrected chi connectivity index (χ4v) is 5.03. The van der Waals surface area contributed by atoms with Gasteiger partial charge in [0, 0.05) is 34.5 Å². The van der Waals surface area contributed by atoms with E-state index >= 15 is 0 Å². The lowest BCUT2D eigenvalue weighted by Crippen LogP contribution is -2.43. The first-order valence-electron chi connectivity index (χ1n) is 12.7. The second-order valence-electron chi connectivity index (χ2n) is 10.1. The first-order valence-corrected chi connectivity index (χ1v) is 12.7. The van der Waals surface area contributed by atoms with Crippen LogP contribution < -0.4 is 10.5 Å². The lowest BCUT2D eigenvalue weighted by atomic mass is 9.72. The molecule has 2 aromatic heterocycles. The minimum absolute atomic E-state index is 0.0627. The zero-order chi connectivity index (χ0) is 25.6. The van der Waals surface area contributed by atoms with Crippen molar-refractivity contribution in [2.45, 2.75) is 44.8 Å². The Morgan fingerprint density at radius 2 is 1.68 bits per heavy atom. The molecule has 0 saturated heterocycles. The highest BCUT2D eigenvalue weighted by atomic mass is 19.1. The van der Waals surface area contributed by atoms with Gasteiger partial charge in [-0.25, -0.2) is 13.9 Å². The smallest absolute Gasteiger partial charge is 0.163 e. The highest BCUT2D eigenvalue weighted by Crippen LogP contribution is 2.40. The fraction of sp³-hybridized carbons (Fsp3) is 0.226. The van der Waals surface area contributed by atoms with Crippen LogP contribution in [0.2, 0.25) is 0 Å². The van der Waals surface area contributed by atoms with Crippen molar-refractivity contribution in [2.24, 2.45) is 5.73 Å². The van der Waals surface area contributed by atoms with Crippen molar-refractivity contribution in [1.82, 2.24) is 14.6 Å². The van der Waals surface area contributed by atoms with E-state index in [9.17, 15) is 4.39 Å². The number of nitrogens with two attached hydrogens (primary N) is 1. The molecule has 3 aromatic carbocycles. The largest absolute Gasteiger partial charge is 0.491 e. The summed E-state index contributed by atoms with van der Waals surface area (Å²) >= 11 is 0. The first-order chi connectivity index (χ1) is 17.9. The molecular weight excluding hydrogens is 463 g/mol. The third-order valence-corrected chi connectivity index (χ3v) is 7.11. The van der Waals surface area contributed by atoms with Gasteiger partial charge in [-0.05, 0) is 61.9 Å². The molecule has 0 amide bonds. The number of hydrogen-bond acceptors (Lipinski definition) is 4. The van der Waals surface area contributed by atoms with E-state index in [4.69, 9.17) is 15.5 Å². The average Bonchev–Trinajstić information content (AvgIpc) is 3.29. The molecular formula is C31H29FN4O. The second kappa shape index (κ2) is 9.12. The molecule has 0 bridgehead atoms. The van der Waals surface area contributed by atoms with Crippen molar-refractivity contribution in [3.05, 3.63) is 96.6 Å². The molecule has 0 aliphatic heterocycles. The molecule has 5 aromatic rings. The number of ether oxygens (including phenoxy) is 1. The molecule has 0 unspecified atom stereocenters. The van der Waals surface area contributed by atoms with Crippen molar-refractivity contribution >= 4 is 5.65 Å². The van der Waals surface area contributed by atoms with E-state index in [0.29, 0.717) is 17.0 Å². The Bertz CT molecular complexity index is 1570. The fourth-order valence-electron chi connectivity index (χ4n) is 5.03. The highest BCUT2D eigenvalue weighted by Gasteiger charge is 2.34. The molecule has 37 heavy (non-hydrogen) atoms. The Kier molecular flexibility index (Phi) is 5.76. The number of rotatable bonds is 6. The number of benzene rings is 3. The van der Waals surface area contributed by atoms with Gasteiger partial charge in [-0.3, -0.25) is 0 Å². The van der Waals surface area contributed by atoms with Crippen LogP contribution in [0.3, 0.4) is 0 Å². The molecule has 0 atom stereocenters. The maximum Gasteiger partial charge on any atom is 0.163 e. The molecule has 186 valence electrons. The van der Waals surface area contributed by atoms with Crippen LogP contribution in [0.4, 0.5) is 4.39 Å². The van der Waals surface area contributed by atoms with Crippen LogP contribution in [-0.2, 0) is 5.54 Å². The summed E-state index contributed by atoms with van der Waals surface area (Å²) in [4.78, 5) is 5.11. The number of hydrogen-bond donors (Lipinski definition) is 1. The predicted octanol–water partition coefficient (Wildman–Crippen LogP) is 6.99. The topological polar surface area (TPSA) is 65.4 Å². The summed E-state index contributed by atoms with van der Waals surface area (Å²) in [5.41, 5.74) is 13.4. The molecule has 0 spiro atoms. The Morgan fingerprint density at radius 1 is 0.919 bits per heavy atom. The summed E-state index contributed by atoms with van der Waals surface area (Å²) in [5.74, 6) is 0.115. The summed E-state index contributed by atoms with van der Waals surface area (Å²) in [6.45, 7) is 3.84. The van der Waals surface area contributed by atoms with Crippen LogP contribution in [0, 0.1) is 5.82 Å². The van der Waals surface area contributed by atoms with E-state index in [1.54, 1.807) is 10.7 Å². The lowest BCUT2D eigenvalue weighted by molar-refractivity contribution is 0.241. The van der Waals surface area contributed by atoms with E-state index in [0.717, 1.165) is 46.4 Å². The van der Waals surface area contributed by atoms with Gasteiger partial charge in [-0.2, -0.15) is 5.10 Å². The van der Waals surface area contributed by atoms with Crippen LogP contribution in [0.5, 0.6) is 5.75 Å². The minimum Gasteiger partial charge on any atom is -0.491 e. The van der Waals surface area contributed by atoms with Gasteiger partial charge < -0.3 is 10.5 Å². The average molecular weight is 493 g/mol. The quantitative estimate of drug-likeness (QED) is 0.277. The molecule has 1 aliphatic rings. The van der Waals surface area contributed by atoms with E-state index in [2.05, 4.69) is 41.5 Å². The monoisotopic (exact) mass is 492 g/mol. The standard InChI is InChI=1S/C31H29FN4O/c1-20(2)37-26-16-23(15-25(32)17-26)27-18-34-36-19-28(21-7-4-3-5-8-21)29(35-30(27)36)22-9-11-24(12-10-22)31(33)13-6-14-31/h3-5,7-12,15-20H,6,13-14,33H2,1-2H3. The summed E-state index contributed by atoms with van der Waals surface area (Å²) in [7, 11) is 0. The van der Waals surface area contributed by atoms with Crippen molar-refractivity contribution in [1.29, 1.82) is 0 Å². The van der Waals surface area contributed by atoms with Gasteiger partial charge in [-0.15, -0.1) is 0 Å². The molecule has 0 radical (unpaired) electrons. The summed E-state index contributed by atoms with van der Waals surface area (Å²) < 4.78 is 22.1. The van der Waals surface area contributed by atoms with Gasteiger partial charge in [0.2, 0.25) is 0 Å². The van der Waals surface area contributed by atoms with Gasteiger partial charge in [0.1, 0.15) is 11.6 Å². The Labute approximate surface area is 215 Å². The van der Waals surface area contributed by atoms with Crippen LogP contribution in [-0.4, -0.2) is 20.7 Å². The van der Waals surface area contributed by atoms with Gasteiger partial charge in [0.25, 0.3) is 0 Å². The van der Waals surface area contributed by atoms with Crippen LogP contribution >= 0.6 is 0 Å². The number of nitrogens with zero attached hydrogens (tertiary/aromatic N) is 3. The summed E-state index contributed by atoms with van der Waals surface area (Å²) in [6, 6.07) is 23.3. The molecule has 2 heterocycles. The van der Waals surface area contributed by atoms with Gasteiger partial charge in [-0.1, -0.05) is 54.6 Å². The SMILES string of the molecule is CC(C)Oc1cc(F)cc(-c2cnn3cc(-c4ccccc4)c(-c4ccc(C5(N)CCC5)cc4)nc23)c1. The minimum atomic E-state index is -0.365. The molecule has 2 N–H and O–H groups in total. The first kappa shape index (κ1) is 23.4. The van der Waals surface area contributed by atoms with Crippen molar-refractivity contribution in [3.63, 3.8) is 0 Å². The third kappa shape index (κ3) is 4.38. The predicted molar refractivity (Wildman–Crippen MR) is 145 cm³/mol. The summed E-state index contributed by atoms with van der Waals surface area (Å²) in [5, 5.41) is 4.58. The van der Waals surface area contributed by atoms with Crippen molar-refractivity contribution in [3.8, 4) is 39.3 Å². The Hall–Kier alpha value is -4.03. The van der Waals surface area contributed by atoms with Crippen molar-refractivity contribution < 1.29 is 9.13 Å². The molecule has 1 fully saturated rings. The molecule has 5 nitrogen and oxygen atoms in total. The second-order valence-corrected chi connectivity index (χ2v) is 10.1. The lowest BCUT2D eigenvalue weighted by Gasteiger charge is -2.38. The number of aromatic nitrogens is 3. The van der Waals surface area contributed by atoms with E-state index in [-0.39, 0.29) is 17.5 Å². The maximum atomic E-state index is 14.5. The Morgan fingerprint density at radius 3 is 2.35 bits per heavy atom. The van der Waals surface area contributed by atoms with Crippen LogP contribution in [0.1, 0.15) is 38.7 Å². The zero-order valence-corrected chi connectivity index (χ0v) is 21.0. The highest BCUT2D eigenvalue weighted by molar-refractivity contribution is 5.85. The molecule has 6 heteroatoms. The normalized spacial score (nSPS) is 14.6. The maximum absolute atomic E-state index is 14.5. The van der Waals surface area contributed by atoms with Crippen LogP contribution in [0.25, 0.3) is 39.2 Å². The van der Waals surface area contributed by atoms with E-state index in [1.165, 1.54) is 18.6 Å².